The average Bonchev–Trinajstić information content (AvgIpc) is 3.34. The van der Waals surface area contributed by atoms with E-state index in [-0.39, 0.29) is 24.3 Å². The molecule has 3 aromatic rings. The van der Waals surface area contributed by atoms with Gasteiger partial charge in [-0.1, -0.05) is 53.7 Å². The van der Waals surface area contributed by atoms with Gasteiger partial charge in [-0.2, -0.15) is 4.98 Å². The zero-order valence-electron chi connectivity index (χ0n) is 15.2. The summed E-state index contributed by atoms with van der Waals surface area (Å²) >= 11 is 0. The summed E-state index contributed by atoms with van der Waals surface area (Å²) in [6.07, 6.45) is 0.363. The second-order valence-corrected chi connectivity index (χ2v) is 6.76. The lowest BCUT2D eigenvalue weighted by molar-refractivity contribution is -0.128. The zero-order chi connectivity index (χ0) is 19.3. The normalized spacial score (nSPS) is 16.4. The van der Waals surface area contributed by atoms with Crippen molar-refractivity contribution >= 4 is 11.8 Å². The summed E-state index contributed by atoms with van der Waals surface area (Å²) in [5.74, 6) is 0.614. The Bertz CT molecular complexity index is 956. The van der Waals surface area contributed by atoms with Gasteiger partial charge < -0.3 is 14.7 Å². The predicted molar refractivity (Wildman–Crippen MR) is 101 cm³/mol. The van der Waals surface area contributed by atoms with Crippen molar-refractivity contribution in [1.29, 1.82) is 0 Å². The van der Waals surface area contributed by atoms with Crippen molar-refractivity contribution in [3.8, 4) is 0 Å². The number of amides is 2. The van der Waals surface area contributed by atoms with E-state index in [1.165, 1.54) is 0 Å². The molecule has 4 rings (SSSR count). The fraction of sp³-hybridized carbons (Fsp3) is 0.238. The monoisotopic (exact) mass is 376 g/mol. The molecule has 7 heteroatoms. The quantitative estimate of drug-likeness (QED) is 0.714. The Balaban J connectivity index is 1.34. The molecular formula is C21H20N4O3. The highest BCUT2D eigenvalue weighted by Crippen LogP contribution is 2.27. The maximum atomic E-state index is 12.3. The van der Waals surface area contributed by atoms with Crippen LogP contribution in [0.4, 0.5) is 0 Å². The van der Waals surface area contributed by atoms with E-state index in [0.29, 0.717) is 36.8 Å². The van der Waals surface area contributed by atoms with Crippen LogP contribution in [0, 0.1) is 0 Å². The van der Waals surface area contributed by atoms with Crippen molar-refractivity contribution in [2.45, 2.75) is 25.4 Å². The first-order chi connectivity index (χ1) is 13.7. The average molecular weight is 376 g/mol. The van der Waals surface area contributed by atoms with Gasteiger partial charge in [-0.15, -0.1) is 0 Å². The molecule has 1 saturated heterocycles. The summed E-state index contributed by atoms with van der Waals surface area (Å²) in [4.78, 5) is 30.6. The van der Waals surface area contributed by atoms with E-state index in [9.17, 15) is 9.59 Å². The molecule has 1 atom stereocenters. The first-order valence-electron chi connectivity index (χ1n) is 9.16. The van der Waals surface area contributed by atoms with Gasteiger partial charge in [0.1, 0.15) is 0 Å². The van der Waals surface area contributed by atoms with E-state index < -0.39 is 0 Å². The number of hydrogen-bond acceptors (Lipinski definition) is 5. The maximum Gasteiger partial charge on any atom is 0.251 e. The molecule has 7 nitrogen and oxygen atoms in total. The third-order valence-electron chi connectivity index (χ3n) is 4.72. The van der Waals surface area contributed by atoms with Crippen LogP contribution in [0.25, 0.3) is 0 Å². The van der Waals surface area contributed by atoms with Gasteiger partial charge in [-0.25, -0.2) is 0 Å². The van der Waals surface area contributed by atoms with Gasteiger partial charge in [0.15, 0.2) is 5.82 Å². The van der Waals surface area contributed by atoms with Gasteiger partial charge in [0.25, 0.3) is 5.91 Å². The summed E-state index contributed by atoms with van der Waals surface area (Å²) in [5.41, 5.74) is 1.66. The Morgan fingerprint density at radius 3 is 2.57 bits per heavy atom. The highest BCUT2D eigenvalue weighted by Gasteiger charge is 2.33. The van der Waals surface area contributed by atoms with Crippen LogP contribution in [0.1, 0.15) is 40.0 Å². The van der Waals surface area contributed by atoms with Crippen molar-refractivity contribution in [2.24, 2.45) is 0 Å². The highest BCUT2D eigenvalue weighted by atomic mass is 16.5. The van der Waals surface area contributed by atoms with Gasteiger partial charge in [0.05, 0.1) is 6.54 Å². The largest absolute Gasteiger partial charge is 0.343 e. The van der Waals surface area contributed by atoms with Crippen LogP contribution in [0.2, 0.25) is 0 Å². The topological polar surface area (TPSA) is 88.3 Å². The summed E-state index contributed by atoms with van der Waals surface area (Å²) in [6.45, 7) is 1.28. The maximum absolute atomic E-state index is 12.3. The van der Waals surface area contributed by atoms with Crippen molar-refractivity contribution in [3.63, 3.8) is 0 Å². The molecule has 1 fully saturated rings. The minimum Gasteiger partial charge on any atom is -0.343 e. The lowest BCUT2D eigenvalue weighted by Gasteiger charge is -2.15. The molecule has 1 aliphatic heterocycles. The Kier molecular flexibility index (Phi) is 5.14. The van der Waals surface area contributed by atoms with Crippen molar-refractivity contribution in [3.05, 3.63) is 83.5 Å². The molecule has 142 valence electrons. The summed E-state index contributed by atoms with van der Waals surface area (Å²) in [6, 6.07) is 18.8. The Morgan fingerprint density at radius 1 is 1.11 bits per heavy atom. The van der Waals surface area contributed by atoms with Gasteiger partial charge in [0, 0.05) is 31.0 Å². The van der Waals surface area contributed by atoms with E-state index in [1.54, 1.807) is 24.3 Å². The number of nitrogens with zero attached hydrogens (tertiary/aromatic N) is 3. The van der Waals surface area contributed by atoms with E-state index in [4.69, 9.17) is 4.52 Å². The number of rotatable bonds is 6. The minimum atomic E-state index is -0.203. The Labute approximate surface area is 162 Å². The molecule has 1 N–H and O–H groups in total. The molecule has 1 aromatic heterocycles. The van der Waals surface area contributed by atoms with Crippen molar-refractivity contribution in [2.75, 3.05) is 6.54 Å². The fourth-order valence-electron chi connectivity index (χ4n) is 3.25. The number of carbonyl (C=O) groups excluding carboxylic acids is 2. The SMILES string of the molecule is O=C(NCc1nc(C2CC(=O)N(Cc3ccccc3)C2)no1)c1ccccc1. The molecule has 1 aliphatic rings. The number of nitrogens with one attached hydrogen (secondary N) is 1. The zero-order valence-corrected chi connectivity index (χ0v) is 15.2. The fourth-order valence-corrected chi connectivity index (χ4v) is 3.25. The third kappa shape index (κ3) is 4.09. The summed E-state index contributed by atoms with van der Waals surface area (Å²) in [5, 5.41) is 6.77. The van der Waals surface area contributed by atoms with Crippen LogP contribution in [-0.4, -0.2) is 33.4 Å². The van der Waals surface area contributed by atoms with Gasteiger partial charge in [0.2, 0.25) is 11.8 Å². The molecule has 0 bridgehead atoms. The second-order valence-electron chi connectivity index (χ2n) is 6.76. The molecule has 28 heavy (non-hydrogen) atoms. The molecule has 0 aliphatic carbocycles. The standard InChI is InChI=1S/C21H20N4O3/c26-19-11-17(14-25(19)13-15-7-3-1-4-8-15)20-23-18(28-24-20)12-22-21(27)16-9-5-2-6-10-16/h1-10,17H,11-14H2,(H,22,27). The van der Waals surface area contributed by atoms with E-state index >= 15 is 0 Å². The smallest absolute Gasteiger partial charge is 0.251 e. The van der Waals surface area contributed by atoms with Crippen molar-refractivity contribution < 1.29 is 14.1 Å². The number of hydrogen-bond donors (Lipinski definition) is 1. The first-order valence-corrected chi connectivity index (χ1v) is 9.16. The Morgan fingerprint density at radius 2 is 1.82 bits per heavy atom. The second kappa shape index (κ2) is 8.04. The van der Waals surface area contributed by atoms with Gasteiger partial charge in [-0.05, 0) is 17.7 Å². The number of likely N-dealkylation sites (tertiary alicyclic amines) is 1. The van der Waals surface area contributed by atoms with Crippen molar-refractivity contribution in [1.82, 2.24) is 20.4 Å². The predicted octanol–water partition coefficient (Wildman–Crippen LogP) is 2.52. The van der Waals surface area contributed by atoms with Crippen LogP contribution >= 0.6 is 0 Å². The van der Waals surface area contributed by atoms with Crippen LogP contribution < -0.4 is 5.32 Å². The molecule has 1 unspecified atom stereocenters. The van der Waals surface area contributed by atoms with Gasteiger partial charge in [-0.3, -0.25) is 9.59 Å². The van der Waals surface area contributed by atoms with Crippen LogP contribution in [0.15, 0.2) is 65.2 Å². The number of aromatic nitrogens is 2. The number of carbonyl (C=O) groups is 2. The Hall–Kier alpha value is -3.48. The molecular weight excluding hydrogens is 356 g/mol. The summed E-state index contributed by atoms with van der Waals surface area (Å²) < 4.78 is 5.25. The van der Waals surface area contributed by atoms with Crippen LogP contribution in [0.3, 0.4) is 0 Å². The lowest BCUT2D eigenvalue weighted by Crippen LogP contribution is -2.24. The minimum absolute atomic E-state index is 0.0811. The molecule has 2 heterocycles. The van der Waals surface area contributed by atoms with E-state index in [0.717, 1.165) is 5.56 Å². The molecule has 0 saturated carbocycles. The first kappa shape index (κ1) is 17.9. The molecule has 2 aromatic carbocycles. The van der Waals surface area contributed by atoms with Crippen LogP contribution in [-0.2, 0) is 17.9 Å². The van der Waals surface area contributed by atoms with Gasteiger partial charge >= 0.3 is 0 Å². The van der Waals surface area contributed by atoms with E-state index in [1.807, 2.05) is 41.3 Å². The molecule has 0 radical (unpaired) electrons. The third-order valence-corrected chi connectivity index (χ3v) is 4.72. The van der Waals surface area contributed by atoms with Crippen LogP contribution in [0.5, 0.6) is 0 Å². The lowest BCUT2D eigenvalue weighted by atomic mass is 10.1. The highest BCUT2D eigenvalue weighted by molar-refractivity contribution is 5.93. The summed E-state index contributed by atoms with van der Waals surface area (Å²) in [7, 11) is 0. The molecule has 0 spiro atoms. The van der Waals surface area contributed by atoms with E-state index in [2.05, 4.69) is 15.5 Å². The molecule has 2 amide bonds. The number of benzene rings is 2.